The van der Waals surface area contributed by atoms with E-state index in [1.165, 1.54) is 12.1 Å². The number of alkyl halides is 3. The second-order valence-corrected chi connectivity index (χ2v) is 3.46. The molecule has 0 aliphatic carbocycles. The lowest BCUT2D eigenvalue weighted by Gasteiger charge is -2.09. The normalized spacial score (nSPS) is 10.8. The zero-order valence-corrected chi connectivity index (χ0v) is 9.36. The molecule has 0 unspecified atom stereocenters. The molecule has 1 rings (SSSR count). The lowest BCUT2D eigenvalue weighted by molar-refractivity contribution is -0.136. The molecule has 0 heterocycles. The SMILES string of the molecule is CNCCC#Cc1ccc(N)c(C(F)(F)F)c1. The Hall–Kier alpha value is -1.67. The van der Waals surface area contributed by atoms with Crippen molar-refractivity contribution in [3.05, 3.63) is 29.3 Å². The second kappa shape index (κ2) is 5.60. The van der Waals surface area contributed by atoms with Crippen molar-refractivity contribution in [2.24, 2.45) is 0 Å². The van der Waals surface area contributed by atoms with Crippen LogP contribution in [0.2, 0.25) is 0 Å². The van der Waals surface area contributed by atoms with Crippen LogP contribution in [0.15, 0.2) is 18.2 Å². The van der Waals surface area contributed by atoms with Crippen LogP contribution in [-0.4, -0.2) is 13.6 Å². The predicted molar refractivity (Wildman–Crippen MR) is 61.3 cm³/mol. The minimum atomic E-state index is -4.44. The fraction of sp³-hybridized carbons (Fsp3) is 0.333. The summed E-state index contributed by atoms with van der Waals surface area (Å²) in [6.45, 7) is 0.702. The van der Waals surface area contributed by atoms with Crippen LogP contribution in [0.5, 0.6) is 0 Å². The monoisotopic (exact) mass is 242 g/mol. The number of hydrogen-bond donors (Lipinski definition) is 2. The van der Waals surface area contributed by atoms with Crippen molar-refractivity contribution in [3.8, 4) is 11.8 Å². The number of nitrogens with one attached hydrogen (secondary N) is 1. The Morgan fingerprint density at radius 2 is 2.06 bits per heavy atom. The summed E-state index contributed by atoms with van der Waals surface area (Å²) in [5, 5.41) is 2.90. The van der Waals surface area contributed by atoms with Gasteiger partial charge in [-0.25, -0.2) is 0 Å². The fourth-order valence-electron chi connectivity index (χ4n) is 1.23. The van der Waals surface area contributed by atoms with Gasteiger partial charge >= 0.3 is 6.18 Å². The van der Waals surface area contributed by atoms with E-state index in [1.54, 1.807) is 7.05 Å². The number of nitrogen functional groups attached to an aromatic ring is 1. The van der Waals surface area contributed by atoms with Crippen molar-refractivity contribution in [1.82, 2.24) is 5.32 Å². The summed E-state index contributed by atoms with van der Waals surface area (Å²) < 4.78 is 37.6. The predicted octanol–water partition coefficient (Wildman–Crippen LogP) is 2.25. The smallest absolute Gasteiger partial charge is 0.398 e. The highest BCUT2D eigenvalue weighted by Gasteiger charge is 2.32. The van der Waals surface area contributed by atoms with Crippen LogP contribution in [-0.2, 0) is 6.18 Å². The zero-order valence-electron chi connectivity index (χ0n) is 9.36. The van der Waals surface area contributed by atoms with E-state index in [0.717, 1.165) is 6.07 Å². The van der Waals surface area contributed by atoms with E-state index in [-0.39, 0.29) is 5.69 Å². The first kappa shape index (κ1) is 13.4. The second-order valence-electron chi connectivity index (χ2n) is 3.46. The third-order valence-corrected chi connectivity index (χ3v) is 2.09. The van der Waals surface area contributed by atoms with E-state index in [2.05, 4.69) is 17.2 Å². The molecule has 0 aromatic heterocycles. The minimum absolute atomic E-state index is 0.279. The molecular formula is C12H13F3N2. The minimum Gasteiger partial charge on any atom is -0.398 e. The topological polar surface area (TPSA) is 38.0 Å². The van der Waals surface area contributed by atoms with Crippen molar-refractivity contribution < 1.29 is 13.2 Å². The van der Waals surface area contributed by atoms with E-state index >= 15 is 0 Å². The summed E-state index contributed by atoms with van der Waals surface area (Å²) in [6.07, 6.45) is -3.85. The highest BCUT2D eigenvalue weighted by Crippen LogP contribution is 2.33. The number of benzene rings is 1. The van der Waals surface area contributed by atoms with Gasteiger partial charge in [0.2, 0.25) is 0 Å². The van der Waals surface area contributed by atoms with Gasteiger partial charge in [-0.05, 0) is 25.2 Å². The number of nitrogens with two attached hydrogens (primary N) is 1. The summed E-state index contributed by atoms with van der Waals surface area (Å²) in [7, 11) is 1.78. The van der Waals surface area contributed by atoms with E-state index in [9.17, 15) is 13.2 Å². The molecule has 0 aliphatic heterocycles. The van der Waals surface area contributed by atoms with Gasteiger partial charge in [-0.2, -0.15) is 13.2 Å². The maximum absolute atomic E-state index is 12.5. The zero-order chi connectivity index (χ0) is 12.9. The van der Waals surface area contributed by atoms with Gasteiger partial charge in [0.05, 0.1) is 5.56 Å². The maximum Gasteiger partial charge on any atom is 0.418 e. The average Bonchev–Trinajstić information content (AvgIpc) is 2.25. The van der Waals surface area contributed by atoms with Crippen molar-refractivity contribution in [2.75, 3.05) is 19.3 Å². The maximum atomic E-state index is 12.5. The van der Waals surface area contributed by atoms with Gasteiger partial charge in [-0.1, -0.05) is 11.8 Å². The van der Waals surface area contributed by atoms with E-state index in [1.807, 2.05) is 0 Å². The lowest BCUT2D eigenvalue weighted by atomic mass is 10.1. The van der Waals surface area contributed by atoms with Gasteiger partial charge in [-0.15, -0.1) is 0 Å². The van der Waals surface area contributed by atoms with Crippen molar-refractivity contribution in [3.63, 3.8) is 0 Å². The standard InChI is InChI=1S/C12H13F3N2/c1-17-7-3-2-4-9-5-6-11(16)10(8-9)12(13,14)15/h5-6,8,17H,3,7,16H2,1H3. The Labute approximate surface area is 98.0 Å². The molecule has 0 aliphatic rings. The van der Waals surface area contributed by atoms with Crippen molar-refractivity contribution >= 4 is 5.69 Å². The van der Waals surface area contributed by atoms with Crippen molar-refractivity contribution in [1.29, 1.82) is 0 Å². The first-order valence-corrected chi connectivity index (χ1v) is 5.05. The van der Waals surface area contributed by atoms with Crippen LogP contribution in [0.1, 0.15) is 17.5 Å². The molecule has 0 radical (unpaired) electrons. The van der Waals surface area contributed by atoms with Gasteiger partial charge in [0.1, 0.15) is 0 Å². The Bertz CT molecular complexity index is 441. The van der Waals surface area contributed by atoms with Crippen LogP contribution in [0.4, 0.5) is 18.9 Å². The highest BCUT2D eigenvalue weighted by molar-refractivity contribution is 5.53. The summed E-state index contributed by atoms with van der Waals surface area (Å²) in [5.74, 6) is 5.45. The Kier molecular flexibility index (Phi) is 4.41. The first-order valence-electron chi connectivity index (χ1n) is 5.05. The molecule has 1 aromatic rings. The van der Waals surface area contributed by atoms with Crippen LogP contribution in [0, 0.1) is 11.8 Å². The van der Waals surface area contributed by atoms with Crippen LogP contribution in [0.25, 0.3) is 0 Å². The highest BCUT2D eigenvalue weighted by atomic mass is 19.4. The molecule has 0 bridgehead atoms. The summed E-state index contributed by atoms with van der Waals surface area (Å²) in [5.41, 5.74) is 4.48. The molecule has 0 spiro atoms. The van der Waals surface area contributed by atoms with E-state index in [4.69, 9.17) is 5.73 Å². The molecule has 17 heavy (non-hydrogen) atoms. The average molecular weight is 242 g/mol. The van der Waals surface area contributed by atoms with Gasteiger partial charge in [0.25, 0.3) is 0 Å². The third kappa shape index (κ3) is 4.00. The first-order chi connectivity index (χ1) is 7.95. The molecule has 5 heteroatoms. The Morgan fingerprint density at radius 1 is 1.35 bits per heavy atom. The molecule has 1 aromatic carbocycles. The molecule has 0 amide bonds. The van der Waals surface area contributed by atoms with Crippen LogP contribution >= 0.6 is 0 Å². The van der Waals surface area contributed by atoms with Crippen molar-refractivity contribution in [2.45, 2.75) is 12.6 Å². The van der Waals surface area contributed by atoms with E-state index in [0.29, 0.717) is 18.5 Å². The van der Waals surface area contributed by atoms with Gasteiger partial charge < -0.3 is 11.1 Å². The third-order valence-electron chi connectivity index (χ3n) is 2.09. The number of anilines is 1. The van der Waals surface area contributed by atoms with Gasteiger partial charge in [-0.3, -0.25) is 0 Å². The Morgan fingerprint density at radius 3 is 2.65 bits per heavy atom. The van der Waals surface area contributed by atoms with Crippen LogP contribution in [0.3, 0.4) is 0 Å². The van der Waals surface area contributed by atoms with Gasteiger partial charge in [0, 0.05) is 24.2 Å². The largest absolute Gasteiger partial charge is 0.418 e. The number of hydrogen-bond acceptors (Lipinski definition) is 2. The number of rotatable bonds is 2. The quantitative estimate of drug-likeness (QED) is 0.474. The summed E-state index contributed by atoms with van der Waals surface area (Å²) in [4.78, 5) is 0. The van der Waals surface area contributed by atoms with E-state index < -0.39 is 11.7 Å². The molecule has 0 atom stereocenters. The Balaban J connectivity index is 2.92. The summed E-state index contributed by atoms with van der Waals surface area (Å²) in [6, 6.07) is 3.68. The lowest BCUT2D eigenvalue weighted by Crippen LogP contribution is -2.09. The van der Waals surface area contributed by atoms with Gasteiger partial charge in [0.15, 0.2) is 0 Å². The molecule has 0 saturated heterocycles. The number of halogens is 3. The molecule has 2 nitrogen and oxygen atoms in total. The van der Waals surface area contributed by atoms with Crippen LogP contribution < -0.4 is 11.1 Å². The molecule has 92 valence electrons. The fourth-order valence-corrected chi connectivity index (χ4v) is 1.23. The molecule has 0 fully saturated rings. The molecule has 0 saturated carbocycles. The molecule has 3 N–H and O–H groups in total. The molecular weight excluding hydrogens is 229 g/mol. The summed E-state index contributed by atoms with van der Waals surface area (Å²) >= 11 is 0.